The van der Waals surface area contributed by atoms with Crippen molar-refractivity contribution in [1.29, 1.82) is 0 Å². The number of nitrogens with zero attached hydrogens (tertiary/aromatic N) is 3. The Morgan fingerprint density at radius 1 is 0.921 bits per heavy atom. The Labute approximate surface area is 229 Å². The number of carbonyl (C=O) groups excluding carboxylic acids is 3. The standard InChI is InChI=1S/C30H39N3O4S/c1-2-3-8-17-31-18-12-16-30-25(28(36)33(26(30)29(31)37)19-9-5-10-21-34)24-23(38-30)15-11-20-32(27(24)35)22-13-6-4-7-14-22/h4,6-7,11-16,23-26,34H,2-3,5,8-10,17-21H2,1H3/t23-,24+,25-,26?,30-/m0/s1. The number of amides is 3. The predicted molar refractivity (Wildman–Crippen MR) is 151 cm³/mol. The molecule has 4 aliphatic heterocycles. The largest absolute Gasteiger partial charge is 0.396 e. The first-order valence-corrected chi connectivity index (χ1v) is 15.0. The third-order valence-electron chi connectivity index (χ3n) is 8.40. The van der Waals surface area contributed by atoms with Crippen molar-refractivity contribution in [3.05, 3.63) is 54.6 Å². The van der Waals surface area contributed by atoms with Gasteiger partial charge in [0.2, 0.25) is 17.7 Å². The van der Waals surface area contributed by atoms with Crippen LogP contribution in [0.25, 0.3) is 0 Å². The average molecular weight is 538 g/mol. The number of unbranched alkanes of at least 4 members (excludes halogenated alkanes) is 4. The van der Waals surface area contributed by atoms with Gasteiger partial charge in [-0.25, -0.2) is 0 Å². The number of para-hydroxylation sites is 1. The van der Waals surface area contributed by atoms with Gasteiger partial charge in [-0.15, -0.1) is 11.8 Å². The van der Waals surface area contributed by atoms with Crippen molar-refractivity contribution < 1.29 is 19.5 Å². The van der Waals surface area contributed by atoms with Crippen LogP contribution in [0.2, 0.25) is 0 Å². The molecule has 1 aromatic carbocycles. The van der Waals surface area contributed by atoms with Crippen molar-refractivity contribution in [3.8, 4) is 0 Å². The molecule has 1 spiro atoms. The summed E-state index contributed by atoms with van der Waals surface area (Å²) >= 11 is 1.64. The van der Waals surface area contributed by atoms with E-state index in [1.165, 1.54) is 0 Å². The van der Waals surface area contributed by atoms with E-state index in [1.807, 2.05) is 41.3 Å². The van der Waals surface area contributed by atoms with Crippen molar-refractivity contribution in [1.82, 2.24) is 9.80 Å². The smallest absolute Gasteiger partial charge is 0.247 e. The summed E-state index contributed by atoms with van der Waals surface area (Å²) in [5.41, 5.74) is 0.825. The fourth-order valence-electron chi connectivity index (χ4n) is 6.59. The number of aliphatic hydroxyl groups excluding tert-OH is 1. The highest BCUT2D eigenvalue weighted by atomic mass is 32.2. The summed E-state index contributed by atoms with van der Waals surface area (Å²) in [7, 11) is 0. The Morgan fingerprint density at radius 2 is 1.71 bits per heavy atom. The molecule has 4 aliphatic rings. The second kappa shape index (κ2) is 11.7. The van der Waals surface area contributed by atoms with E-state index in [2.05, 4.69) is 25.2 Å². The molecule has 38 heavy (non-hydrogen) atoms. The summed E-state index contributed by atoms with van der Waals surface area (Å²) in [5.74, 6) is -1.23. The maximum atomic E-state index is 14.3. The van der Waals surface area contributed by atoms with Crippen LogP contribution in [0.5, 0.6) is 0 Å². The predicted octanol–water partition coefficient (Wildman–Crippen LogP) is 3.64. The summed E-state index contributed by atoms with van der Waals surface area (Å²) in [6.45, 7) is 4.42. The lowest BCUT2D eigenvalue weighted by Crippen LogP contribution is -2.53. The normalized spacial score (nSPS) is 30.4. The van der Waals surface area contributed by atoms with Gasteiger partial charge in [-0.05, 0) is 37.8 Å². The molecule has 0 aliphatic carbocycles. The van der Waals surface area contributed by atoms with Gasteiger partial charge in [0.05, 0.1) is 16.6 Å². The van der Waals surface area contributed by atoms with E-state index in [0.717, 1.165) is 37.8 Å². The molecule has 3 amide bonds. The maximum Gasteiger partial charge on any atom is 0.247 e. The van der Waals surface area contributed by atoms with Crippen LogP contribution in [0.4, 0.5) is 5.69 Å². The highest BCUT2D eigenvalue weighted by molar-refractivity contribution is 8.02. The molecule has 5 rings (SSSR count). The molecule has 0 saturated carbocycles. The van der Waals surface area contributed by atoms with E-state index in [1.54, 1.807) is 21.6 Å². The quantitative estimate of drug-likeness (QED) is 0.364. The van der Waals surface area contributed by atoms with Gasteiger partial charge in [0.15, 0.2) is 0 Å². The second-order valence-corrected chi connectivity index (χ2v) is 12.3. The summed E-state index contributed by atoms with van der Waals surface area (Å²) < 4.78 is -0.764. The molecule has 1 unspecified atom stereocenters. The van der Waals surface area contributed by atoms with Crippen molar-refractivity contribution in [2.45, 2.75) is 61.5 Å². The van der Waals surface area contributed by atoms with Gasteiger partial charge in [0, 0.05) is 43.7 Å². The van der Waals surface area contributed by atoms with Crippen LogP contribution in [0.3, 0.4) is 0 Å². The Hall–Kier alpha value is -2.58. The summed E-state index contributed by atoms with van der Waals surface area (Å²) in [4.78, 5) is 48.1. The number of anilines is 1. The van der Waals surface area contributed by atoms with Gasteiger partial charge < -0.3 is 19.8 Å². The molecule has 204 valence electrons. The van der Waals surface area contributed by atoms with E-state index < -0.39 is 22.6 Å². The van der Waals surface area contributed by atoms with E-state index in [9.17, 15) is 19.5 Å². The van der Waals surface area contributed by atoms with Crippen molar-refractivity contribution in [2.24, 2.45) is 11.8 Å². The average Bonchev–Trinajstić information content (AvgIpc) is 3.24. The van der Waals surface area contributed by atoms with Gasteiger partial charge in [0.1, 0.15) is 6.04 Å². The molecule has 4 heterocycles. The number of fused-ring (bicyclic) bond motifs is 2. The van der Waals surface area contributed by atoms with Crippen LogP contribution in [0.1, 0.15) is 45.4 Å². The SMILES string of the molecule is CCCCCN1CC=C[C@]23S[C@H]4C=CCN(c5ccccc5)C(=O)[C@H]4[C@H]2C(=O)N(CCCCCO)C3C1=O. The molecule has 1 N–H and O–H groups in total. The lowest BCUT2D eigenvalue weighted by atomic mass is 9.78. The third-order valence-corrected chi connectivity index (χ3v) is 10.1. The maximum absolute atomic E-state index is 14.3. The van der Waals surface area contributed by atoms with Crippen molar-refractivity contribution in [2.75, 3.05) is 37.7 Å². The number of rotatable bonds is 10. The first-order valence-electron chi connectivity index (χ1n) is 14.1. The zero-order chi connectivity index (χ0) is 26.7. The molecule has 0 bridgehead atoms. The number of likely N-dealkylation sites (tertiary alicyclic amines) is 1. The van der Waals surface area contributed by atoms with Gasteiger partial charge in [-0.3, -0.25) is 14.4 Å². The summed E-state index contributed by atoms with van der Waals surface area (Å²) in [5, 5.41) is 9.09. The van der Waals surface area contributed by atoms with Gasteiger partial charge in [0.25, 0.3) is 0 Å². The monoisotopic (exact) mass is 537 g/mol. The Kier molecular flexibility index (Phi) is 8.29. The topological polar surface area (TPSA) is 81.2 Å². The number of benzene rings is 1. The van der Waals surface area contributed by atoms with Crippen LogP contribution < -0.4 is 4.90 Å². The molecule has 2 saturated heterocycles. The molecule has 5 atom stereocenters. The van der Waals surface area contributed by atoms with Crippen molar-refractivity contribution in [3.63, 3.8) is 0 Å². The number of thioether (sulfide) groups is 1. The van der Waals surface area contributed by atoms with Gasteiger partial charge >= 0.3 is 0 Å². The Bertz CT molecular complexity index is 1090. The minimum absolute atomic E-state index is 0.00409. The second-order valence-electron chi connectivity index (χ2n) is 10.8. The van der Waals surface area contributed by atoms with E-state index in [-0.39, 0.29) is 29.6 Å². The molecular weight excluding hydrogens is 498 g/mol. The van der Waals surface area contributed by atoms with E-state index in [4.69, 9.17) is 0 Å². The molecule has 1 aromatic rings. The Balaban J connectivity index is 1.51. The highest BCUT2D eigenvalue weighted by Crippen LogP contribution is 2.61. The zero-order valence-electron chi connectivity index (χ0n) is 22.2. The number of carbonyl (C=O) groups is 3. The van der Waals surface area contributed by atoms with E-state index in [0.29, 0.717) is 32.6 Å². The molecular formula is C30H39N3O4S. The van der Waals surface area contributed by atoms with Crippen molar-refractivity contribution >= 4 is 35.2 Å². The number of aliphatic hydroxyl groups is 1. The van der Waals surface area contributed by atoms with Crippen LogP contribution in [0.15, 0.2) is 54.6 Å². The molecule has 0 aromatic heterocycles. The number of hydrogen-bond acceptors (Lipinski definition) is 5. The molecule has 7 nitrogen and oxygen atoms in total. The summed E-state index contributed by atoms with van der Waals surface area (Å²) in [6.07, 6.45) is 13.5. The zero-order valence-corrected chi connectivity index (χ0v) is 23.0. The van der Waals surface area contributed by atoms with Crippen LogP contribution in [-0.2, 0) is 14.4 Å². The highest BCUT2D eigenvalue weighted by Gasteiger charge is 2.70. The first-order chi connectivity index (χ1) is 18.5. The minimum Gasteiger partial charge on any atom is -0.396 e. The molecule has 0 radical (unpaired) electrons. The lowest BCUT2D eigenvalue weighted by Gasteiger charge is -2.35. The molecule has 2 fully saturated rings. The molecule has 8 heteroatoms. The van der Waals surface area contributed by atoms with Crippen LogP contribution in [0, 0.1) is 11.8 Å². The van der Waals surface area contributed by atoms with Gasteiger partial charge in [-0.2, -0.15) is 0 Å². The fraction of sp³-hybridized carbons (Fsp3) is 0.567. The first kappa shape index (κ1) is 27.0. The van der Waals surface area contributed by atoms with Crippen LogP contribution >= 0.6 is 11.8 Å². The third kappa shape index (κ3) is 4.70. The fourth-order valence-corrected chi connectivity index (χ4v) is 8.59. The van der Waals surface area contributed by atoms with Gasteiger partial charge in [-0.1, -0.05) is 62.3 Å². The minimum atomic E-state index is -0.764. The van der Waals surface area contributed by atoms with E-state index >= 15 is 0 Å². The Morgan fingerprint density at radius 3 is 2.47 bits per heavy atom. The summed E-state index contributed by atoms with van der Waals surface area (Å²) in [6, 6.07) is 9.02. The van der Waals surface area contributed by atoms with Crippen LogP contribution in [-0.4, -0.2) is 81.5 Å². The number of hydrogen-bond donors (Lipinski definition) is 1. The lowest BCUT2D eigenvalue weighted by molar-refractivity contribution is -0.142.